The van der Waals surface area contributed by atoms with Gasteiger partial charge in [-0.1, -0.05) is 25.4 Å². The molecule has 0 aliphatic heterocycles. The van der Waals surface area contributed by atoms with Crippen LogP contribution in [-0.4, -0.2) is 36.2 Å². The summed E-state index contributed by atoms with van der Waals surface area (Å²) in [4.78, 5) is 16.0. The van der Waals surface area contributed by atoms with Gasteiger partial charge >= 0.3 is 0 Å². The Kier molecular flexibility index (Phi) is 6.01. The van der Waals surface area contributed by atoms with E-state index in [1.807, 2.05) is 19.9 Å². The van der Waals surface area contributed by atoms with Gasteiger partial charge in [0.2, 0.25) is 5.91 Å². The van der Waals surface area contributed by atoms with Gasteiger partial charge in [-0.3, -0.25) is 9.78 Å². The van der Waals surface area contributed by atoms with Crippen molar-refractivity contribution in [2.45, 2.75) is 38.7 Å². The molecule has 0 saturated carbocycles. The number of pyridine rings is 1. The van der Waals surface area contributed by atoms with Crippen molar-refractivity contribution in [2.75, 3.05) is 0 Å². The maximum Gasteiger partial charge on any atom is 0.248 e. The predicted octanol–water partition coefficient (Wildman–Crippen LogP) is 2.60. The third-order valence-electron chi connectivity index (χ3n) is 4.53. The first-order chi connectivity index (χ1) is 13.4. The number of hydrogen-bond acceptors (Lipinski definition) is 6. The van der Waals surface area contributed by atoms with Gasteiger partial charge in [0.25, 0.3) is 0 Å². The lowest BCUT2D eigenvalue weighted by Gasteiger charge is -2.20. The number of nitrogens with two attached hydrogens (primary N) is 1. The largest absolute Gasteiger partial charge is 0.386 e. The van der Waals surface area contributed by atoms with Crippen LogP contribution in [0.15, 0.2) is 36.5 Å². The molecule has 2 unspecified atom stereocenters. The summed E-state index contributed by atoms with van der Waals surface area (Å²) in [7, 11) is 0. The predicted molar refractivity (Wildman–Crippen MR) is 104 cm³/mol. The van der Waals surface area contributed by atoms with Crippen molar-refractivity contribution in [1.29, 1.82) is 0 Å². The van der Waals surface area contributed by atoms with E-state index in [1.165, 1.54) is 6.20 Å². The summed E-state index contributed by atoms with van der Waals surface area (Å²) >= 11 is 5.87. The summed E-state index contributed by atoms with van der Waals surface area (Å²) in [6.45, 7) is 3.87. The summed E-state index contributed by atoms with van der Waals surface area (Å²) in [5.41, 5.74) is 7.64. The number of rotatable bonds is 7. The van der Waals surface area contributed by atoms with E-state index in [0.717, 1.165) is 6.42 Å². The molecule has 0 radical (unpaired) electrons. The normalized spacial score (nSPS) is 13.3. The summed E-state index contributed by atoms with van der Waals surface area (Å²) in [6.07, 6.45) is 2.16. The number of amides is 1. The molecule has 2 atom stereocenters. The van der Waals surface area contributed by atoms with Gasteiger partial charge in [-0.2, -0.15) is 4.68 Å². The highest BCUT2D eigenvalue weighted by Crippen LogP contribution is 2.32. The highest BCUT2D eigenvalue weighted by Gasteiger charge is 2.22. The molecule has 3 aromatic rings. The van der Waals surface area contributed by atoms with E-state index in [4.69, 9.17) is 17.3 Å². The first kappa shape index (κ1) is 19.9. The quantitative estimate of drug-likeness (QED) is 0.629. The van der Waals surface area contributed by atoms with Crippen LogP contribution >= 0.6 is 11.6 Å². The molecule has 2 aromatic heterocycles. The molecule has 0 spiro atoms. The maximum atomic E-state index is 11.9. The molecule has 3 N–H and O–H groups in total. The van der Waals surface area contributed by atoms with Gasteiger partial charge in [-0.05, 0) is 52.7 Å². The van der Waals surface area contributed by atoms with Crippen LogP contribution in [0.1, 0.15) is 59.7 Å². The second-order valence-corrected chi connectivity index (χ2v) is 7.01. The summed E-state index contributed by atoms with van der Waals surface area (Å²) in [5.74, 6) is -0.250. The van der Waals surface area contributed by atoms with Gasteiger partial charge in [0.05, 0.1) is 16.4 Å². The van der Waals surface area contributed by atoms with Gasteiger partial charge in [-0.15, -0.1) is 5.10 Å². The number of carbonyl (C=O) groups is 1. The molecule has 1 aromatic carbocycles. The summed E-state index contributed by atoms with van der Waals surface area (Å²) in [5, 5.41) is 23.0. The second-order valence-electron chi connectivity index (χ2n) is 6.57. The Morgan fingerprint density at radius 2 is 2.11 bits per heavy atom. The fourth-order valence-electron chi connectivity index (χ4n) is 2.95. The van der Waals surface area contributed by atoms with Crippen LogP contribution in [0.4, 0.5) is 0 Å². The monoisotopic (exact) mass is 400 g/mol. The number of aromatic nitrogens is 5. The van der Waals surface area contributed by atoms with Crippen LogP contribution in [0.5, 0.6) is 0 Å². The lowest BCUT2D eigenvalue weighted by atomic mass is 9.91. The first-order valence-corrected chi connectivity index (χ1v) is 9.30. The third-order valence-corrected chi connectivity index (χ3v) is 4.75. The zero-order valence-corrected chi connectivity index (χ0v) is 16.3. The van der Waals surface area contributed by atoms with Crippen molar-refractivity contribution in [1.82, 2.24) is 25.2 Å². The molecule has 0 aliphatic rings. The molecule has 9 heteroatoms. The number of hydrogen-bond donors (Lipinski definition) is 2. The maximum absolute atomic E-state index is 11.9. The van der Waals surface area contributed by atoms with Gasteiger partial charge in [-0.25, -0.2) is 0 Å². The molecule has 28 heavy (non-hydrogen) atoms. The number of benzene rings is 1. The van der Waals surface area contributed by atoms with Gasteiger partial charge in [0.15, 0.2) is 5.82 Å². The molecule has 3 rings (SSSR count). The van der Waals surface area contributed by atoms with Crippen LogP contribution in [-0.2, 0) is 6.42 Å². The van der Waals surface area contributed by atoms with Crippen LogP contribution < -0.4 is 5.73 Å². The fraction of sp³-hybridized carbons (Fsp3) is 0.316. The van der Waals surface area contributed by atoms with E-state index < -0.39 is 12.0 Å². The topological polar surface area (TPSA) is 120 Å². The molecule has 146 valence electrons. The number of halogens is 1. The molecule has 0 bridgehead atoms. The van der Waals surface area contributed by atoms with Crippen molar-refractivity contribution in [2.24, 2.45) is 5.73 Å². The molecule has 2 heterocycles. The standard InChI is InChI=1S/C19H21ClN6O2/c1-3-4-17-23-24-25-26(17)15-8-12(7-13(9-15)19(21)28)11(2)18(27)16-6-5-14(20)10-22-16/h5-11,18,27H,3-4H2,1-2H3,(H2,21,28). The smallest absolute Gasteiger partial charge is 0.248 e. The number of tetrazole rings is 1. The Balaban J connectivity index is 2.02. The molecular formula is C19H21ClN6O2. The van der Waals surface area contributed by atoms with Gasteiger partial charge in [0, 0.05) is 24.1 Å². The van der Waals surface area contributed by atoms with Crippen LogP contribution in [0.3, 0.4) is 0 Å². The number of aliphatic hydroxyl groups excluding tert-OH is 1. The molecular weight excluding hydrogens is 380 g/mol. The Hall–Kier alpha value is -2.84. The van der Waals surface area contributed by atoms with Crippen LogP contribution in [0, 0.1) is 0 Å². The first-order valence-electron chi connectivity index (χ1n) is 8.92. The Bertz CT molecular complexity index is 973. The Morgan fingerprint density at radius 3 is 2.75 bits per heavy atom. The summed E-state index contributed by atoms with van der Waals surface area (Å²) < 4.78 is 1.58. The molecule has 1 amide bonds. The highest BCUT2D eigenvalue weighted by atomic mass is 35.5. The van der Waals surface area contributed by atoms with Gasteiger partial charge < -0.3 is 10.8 Å². The number of aliphatic hydroxyl groups is 1. The van der Waals surface area contributed by atoms with E-state index in [2.05, 4.69) is 20.5 Å². The number of carbonyl (C=O) groups excluding carboxylic acids is 1. The minimum Gasteiger partial charge on any atom is -0.386 e. The van der Waals surface area contributed by atoms with E-state index >= 15 is 0 Å². The Labute approximate surface area is 167 Å². The third kappa shape index (κ3) is 4.18. The van der Waals surface area contributed by atoms with Crippen LogP contribution in [0.25, 0.3) is 5.69 Å². The van der Waals surface area contributed by atoms with Gasteiger partial charge in [0.1, 0.15) is 6.10 Å². The van der Waals surface area contributed by atoms with Crippen molar-refractivity contribution in [3.63, 3.8) is 0 Å². The Morgan fingerprint density at radius 1 is 1.32 bits per heavy atom. The van der Waals surface area contributed by atoms with Crippen LogP contribution in [0.2, 0.25) is 5.02 Å². The lowest BCUT2D eigenvalue weighted by molar-refractivity contribution is 0.0999. The zero-order valence-electron chi connectivity index (χ0n) is 15.6. The molecule has 8 nitrogen and oxygen atoms in total. The fourth-order valence-corrected chi connectivity index (χ4v) is 3.06. The summed E-state index contributed by atoms with van der Waals surface area (Å²) in [6, 6.07) is 8.48. The van der Waals surface area contributed by atoms with Crippen molar-refractivity contribution < 1.29 is 9.90 Å². The minimum absolute atomic E-state index is 0.313. The average molecular weight is 401 g/mol. The molecule has 0 saturated heterocycles. The second kappa shape index (κ2) is 8.45. The zero-order chi connectivity index (χ0) is 20.3. The minimum atomic E-state index is -0.891. The SMILES string of the molecule is CCCc1nnnn1-c1cc(C(N)=O)cc(C(C)C(O)c2ccc(Cl)cn2)c1. The van der Waals surface area contributed by atoms with Crippen molar-refractivity contribution >= 4 is 17.5 Å². The number of primary amides is 1. The lowest BCUT2D eigenvalue weighted by Crippen LogP contribution is -2.15. The van der Waals surface area contributed by atoms with E-state index in [0.29, 0.717) is 39.8 Å². The van der Waals surface area contributed by atoms with Crippen molar-refractivity contribution in [3.05, 3.63) is 64.2 Å². The highest BCUT2D eigenvalue weighted by molar-refractivity contribution is 6.30. The average Bonchev–Trinajstić information content (AvgIpc) is 3.15. The molecule has 0 fully saturated rings. The van der Waals surface area contributed by atoms with Crippen molar-refractivity contribution in [3.8, 4) is 5.69 Å². The van der Waals surface area contributed by atoms with E-state index in [1.54, 1.807) is 28.9 Å². The van der Waals surface area contributed by atoms with E-state index in [9.17, 15) is 9.90 Å². The van der Waals surface area contributed by atoms with E-state index in [-0.39, 0.29) is 5.92 Å². The molecule has 0 aliphatic carbocycles. The number of aryl methyl sites for hydroxylation is 1. The number of nitrogens with zero attached hydrogens (tertiary/aromatic N) is 5.